The van der Waals surface area contributed by atoms with E-state index in [2.05, 4.69) is 5.32 Å². The van der Waals surface area contributed by atoms with Crippen molar-refractivity contribution >= 4 is 21.7 Å². The molecule has 7 nitrogen and oxygen atoms in total. The Morgan fingerprint density at radius 1 is 1.05 bits per heavy atom. The summed E-state index contributed by atoms with van der Waals surface area (Å²) in [6.07, 6.45) is 3.23. The van der Waals surface area contributed by atoms with Gasteiger partial charge in [-0.3, -0.25) is 9.59 Å². The van der Waals surface area contributed by atoms with E-state index in [0.29, 0.717) is 37.4 Å². The summed E-state index contributed by atoms with van der Waals surface area (Å²) in [5.74, 6) is -4.14. The summed E-state index contributed by atoms with van der Waals surface area (Å²) < 4.78 is 66.9. The second-order valence-corrected chi connectivity index (χ2v) is 12.6. The quantitative estimate of drug-likeness (QED) is 0.517. The number of benzene rings is 2. The van der Waals surface area contributed by atoms with Crippen LogP contribution in [0, 0.1) is 23.4 Å². The van der Waals surface area contributed by atoms with E-state index >= 15 is 0 Å². The van der Waals surface area contributed by atoms with Crippen LogP contribution in [0.2, 0.25) is 0 Å². The molecule has 3 N–H and O–H groups in total. The molecule has 0 radical (unpaired) electrons. The summed E-state index contributed by atoms with van der Waals surface area (Å²) >= 11 is 0. The van der Waals surface area contributed by atoms with Gasteiger partial charge in [0.1, 0.15) is 5.82 Å². The molecule has 3 heterocycles. The van der Waals surface area contributed by atoms with Crippen LogP contribution in [0.15, 0.2) is 35.2 Å². The molecule has 0 aliphatic carbocycles. The average Bonchev–Trinajstić information content (AvgIpc) is 3.15. The minimum atomic E-state index is -3.78. The third-order valence-corrected chi connectivity index (χ3v) is 9.87. The zero-order chi connectivity index (χ0) is 27.2. The van der Waals surface area contributed by atoms with E-state index in [1.807, 2.05) is 0 Å². The van der Waals surface area contributed by atoms with Crippen LogP contribution in [0.3, 0.4) is 0 Å². The van der Waals surface area contributed by atoms with Crippen LogP contribution in [0.1, 0.15) is 53.6 Å². The molecule has 38 heavy (non-hydrogen) atoms. The topological polar surface area (TPSA) is 110 Å². The fraction of sp³-hybridized carbons (Fsp3) is 0.481. The predicted octanol–water partition coefficient (Wildman–Crippen LogP) is 2.89. The number of sulfone groups is 1. The number of hydrogen-bond acceptors (Lipinski definition) is 5. The Bertz CT molecular complexity index is 1370. The van der Waals surface area contributed by atoms with Crippen LogP contribution in [-0.2, 0) is 27.5 Å². The molecule has 0 saturated carbocycles. The lowest BCUT2D eigenvalue weighted by molar-refractivity contribution is -0.136. The normalized spacial score (nSPS) is 23.6. The number of nitrogens with zero attached hydrogens (tertiary/aromatic N) is 1. The van der Waals surface area contributed by atoms with E-state index in [1.54, 1.807) is 11.0 Å². The fourth-order valence-corrected chi connectivity index (χ4v) is 7.42. The molecule has 2 aromatic rings. The van der Waals surface area contributed by atoms with Crippen LogP contribution in [-0.4, -0.2) is 55.6 Å². The van der Waals surface area contributed by atoms with Crippen LogP contribution >= 0.6 is 0 Å². The Hall–Kier alpha value is -2.92. The lowest BCUT2D eigenvalue weighted by Crippen LogP contribution is -2.50. The summed E-state index contributed by atoms with van der Waals surface area (Å²) in [4.78, 5) is 27.1. The second kappa shape index (κ2) is 10.3. The highest BCUT2D eigenvalue weighted by atomic mass is 32.2. The molecule has 4 atom stereocenters. The molecule has 0 aromatic heterocycles. The maximum atomic E-state index is 14.1. The number of hydrogen-bond donors (Lipinski definition) is 2. The van der Waals surface area contributed by atoms with E-state index in [1.165, 1.54) is 12.1 Å². The maximum Gasteiger partial charge on any atom is 0.251 e. The molecule has 2 aromatic carbocycles. The first kappa shape index (κ1) is 26.7. The van der Waals surface area contributed by atoms with Gasteiger partial charge in [-0.1, -0.05) is 6.07 Å². The van der Waals surface area contributed by atoms with Gasteiger partial charge in [0.15, 0.2) is 21.5 Å². The minimum absolute atomic E-state index is 0.0205. The fourth-order valence-electron chi connectivity index (χ4n) is 6.17. The zero-order valence-corrected chi connectivity index (χ0v) is 21.6. The number of amides is 2. The van der Waals surface area contributed by atoms with Gasteiger partial charge in [0.2, 0.25) is 5.91 Å². The van der Waals surface area contributed by atoms with Gasteiger partial charge in [-0.2, -0.15) is 0 Å². The Balaban J connectivity index is 1.20. The van der Waals surface area contributed by atoms with Gasteiger partial charge in [0, 0.05) is 42.7 Å². The number of nitrogens with two attached hydrogens (primary N) is 1. The van der Waals surface area contributed by atoms with Crippen molar-refractivity contribution in [2.75, 3.05) is 12.3 Å². The van der Waals surface area contributed by atoms with E-state index in [4.69, 9.17) is 5.73 Å². The van der Waals surface area contributed by atoms with Crippen molar-refractivity contribution in [2.24, 2.45) is 11.7 Å². The Morgan fingerprint density at radius 3 is 2.45 bits per heavy atom. The van der Waals surface area contributed by atoms with E-state index in [0.717, 1.165) is 24.5 Å². The van der Waals surface area contributed by atoms with Crippen molar-refractivity contribution in [2.45, 2.75) is 68.0 Å². The predicted molar refractivity (Wildman–Crippen MR) is 134 cm³/mol. The largest absolute Gasteiger partial charge is 0.352 e. The molecular weight excluding hydrogens is 519 g/mol. The highest BCUT2D eigenvalue weighted by Gasteiger charge is 2.44. The molecule has 3 aliphatic heterocycles. The Kier molecular flexibility index (Phi) is 7.25. The average molecular weight is 550 g/mol. The first-order valence-electron chi connectivity index (χ1n) is 12.9. The van der Waals surface area contributed by atoms with Crippen LogP contribution in [0.5, 0.6) is 0 Å². The lowest BCUT2D eigenvalue weighted by Gasteiger charge is -2.41. The molecule has 2 saturated heterocycles. The Morgan fingerprint density at radius 2 is 1.74 bits per heavy atom. The minimum Gasteiger partial charge on any atom is -0.352 e. The number of carbonyl (C=O) groups is 2. The van der Waals surface area contributed by atoms with Gasteiger partial charge >= 0.3 is 0 Å². The number of carbonyl (C=O) groups excluding carboxylic acids is 2. The summed E-state index contributed by atoms with van der Waals surface area (Å²) in [6, 6.07) is 5.21. The summed E-state index contributed by atoms with van der Waals surface area (Å²) in [7, 11) is -3.78. The van der Waals surface area contributed by atoms with Crippen molar-refractivity contribution in [1.82, 2.24) is 10.2 Å². The van der Waals surface area contributed by atoms with Gasteiger partial charge in [0.25, 0.3) is 5.91 Å². The van der Waals surface area contributed by atoms with Gasteiger partial charge < -0.3 is 16.0 Å². The van der Waals surface area contributed by atoms with E-state index in [-0.39, 0.29) is 58.9 Å². The van der Waals surface area contributed by atoms with Gasteiger partial charge in [-0.25, -0.2) is 21.6 Å². The number of fused-ring (bicyclic) bond motifs is 3. The van der Waals surface area contributed by atoms with Crippen molar-refractivity contribution in [1.29, 1.82) is 0 Å². The number of halogens is 3. The molecular formula is C27H30F3N3O4S. The number of rotatable bonds is 7. The zero-order valence-electron chi connectivity index (χ0n) is 20.8. The van der Waals surface area contributed by atoms with Crippen molar-refractivity contribution in [3.05, 3.63) is 64.5 Å². The first-order valence-corrected chi connectivity index (χ1v) is 14.5. The molecule has 2 bridgehead atoms. The standard InChI is InChI=1S/C27H30F3N3O4S/c28-22-14-24(30)23(29)11-16(22)12-25(31)17-9-18-2-3-19(10-17)33(18)26(34)6-8-38(36,37)20-4-1-15-5-7-32-27(35)21(15)13-20/h1,4,11,13-14,17-19,25H,2-3,5-10,12,31H2,(H,32,35)/t17-,18-,19+,25?. The molecule has 3 aliphatic rings. The molecule has 5 rings (SSSR count). The van der Waals surface area contributed by atoms with Gasteiger partial charge in [0.05, 0.1) is 10.6 Å². The molecule has 2 fully saturated rings. The number of piperidine rings is 1. The molecule has 204 valence electrons. The summed E-state index contributed by atoms with van der Waals surface area (Å²) in [5, 5.41) is 2.71. The molecule has 1 unspecified atom stereocenters. The Labute approximate surface area is 219 Å². The van der Waals surface area contributed by atoms with Crippen LogP contribution < -0.4 is 11.1 Å². The molecule has 11 heteroatoms. The molecule has 0 spiro atoms. The third kappa shape index (κ3) is 5.18. The van der Waals surface area contributed by atoms with Gasteiger partial charge in [-0.05, 0) is 73.8 Å². The highest BCUT2D eigenvalue weighted by molar-refractivity contribution is 7.91. The SMILES string of the molecule is NC(Cc1cc(F)c(F)cc1F)[C@@H]1C[C@H]2CC[C@@H](C1)N2C(=O)CCS(=O)(=O)c1ccc2c(c1)C(=O)NCC2. The first-order chi connectivity index (χ1) is 18.0. The van der Waals surface area contributed by atoms with Crippen molar-refractivity contribution < 1.29 is 31.2 Å². The van der Waals surface area contributed by atoms with E-state index < -0.39 is 33.3 Å². The van der Waals surface area contributed by atoms with Gasteiger partial charge in [-0.15, -0.1) is 0 Å². The lowest BCUT2D eigenvalue weighted by atomic mass is 9.82. The molecule has 2 amide bonds. The van der Waals surface area contributed by atoms with Crippen LogP contribution in [0.25, 0.3) is 0 Å². The van der Waals surface area contributed by atoms with Crippen LogP contribution in [0.4, 0.5) is 13.2 Å². The van der Waals surface area contributed by atoms with E-state index in [9.17, 15) is 31.2 Å². The summed E-state index contributed by atoms with van der Waals surface area (Å²) in [6.45, 7) is 0.512. The van der Waals surface area contributed by atoms with Crippen molar-refractivity contribution in [3.8, 4) is 0 Å². The van der Waals surface area contributed by atoms with Crippen molar-refractivity contribution in [3.63, 3.8) is 0 Å². The third-order valence-electron chi connectivity index (χ3n) is 8.16. The highest BCUT2D eigenvalue weighted by Crippen LogP contribution is 2.40. The maximum absolute atomic E-state index is 14.1. The monoisotopic (exact) mass is 549 g/mol. The second-order valence-electron chi connectivity index (χ2n) is 10.5. The smallest absolute Gasteiger partial charge is 0.251 e. The summed E-state index contributed by atoms with van der Waals surface area (Å²) in [5.41, 5.74) is 7.53. The number of nitrogens with one attached hydrogen (secondary N) is 1.